The quantitative estimate of drug-likeness (QED) is 0.736. The number of carbonyl (C=O) groups excluding carboxylic acids is 1. The first-order valence-electron chi connectivity index (χ1n) is 8.19. The lowest BCUT2D eigenvalue weighted by Gasteiger charge is -2.22. The van der Waals surface area contributed by atoms with E-state index < -0.39 is 0 Å². The number of amides is 1. The van der Waals surface area contributed by atoms with Crippen molar-refractivity contribution in [1.82, 2.24) is 0 Å². The van der Waals surface area contributed by atoms with E-state index in [9.17, 15) is 4.79 Å². The van der Waals surface area contributed by atoms with E-state index in [1.807, 2.05) is 35.2 Å². The van der Waals surface area contributed by atoms with Crippen LogP contribution in [0, 0.1) is 0 Å². The summed E-state index contributed by atoms with van der Waals surface area (Å²) in [4.78, 5) is 14.7. The molecule has 2 aromatic rings. The van der Waals surface area contributed by atoms with E-state index in [0.29, 0.717) is 5.75 Å². The standard InChI is InChI=1S/C19H18BrNO3S/c1-12-6-13-4-2-3-5-16(13)21(12)19(22)10-25-9-14-7-17-18(8-15(14)20)24-11-23-17/h2-5,7-8,12H,6,9-11H2,1H3/t12-/m1/s1. The molecule has 0 aromatic heterocycles. The highest BCUT2D eigenvalue weighted by molar-refractivity contribution is 9.10. The zero-order valence-corrected chi connectivity index (χ0v) is 16.2. The van der Waals surface area contributed by atoms with Gasteiger partial charge in [0.05, 0.1) is 5.75 Å². The predicted molar refractivity (Wildman–Crippen MR) is 104 cm³/mol. The summed E-state index contributed by atoms with van der Waals surface area (Å²) in [7, 11) is 0. The molecule has 0 bridgehead atoms. The number of halogens is 1. The molecule has 2 heterocycles. The highest BCUT2D eigenvalue weighted by atomic mass is 79.9. The van der Waals surface area contributed by atoms with Crippen molar-refractivity contribution in [2.24, 2.45) is 0 Å². The lowest BCUT2D eigenvalue weighted by Crippen LogP contribution is -2.37. The van der Waals surface area contributed by atoms with Crippen LogP contribution in [0.3, 0.4) is 0 Å². The van der Waals surface area contributed by atoms with Gasteiger partial charge in [0.15, 0.2) is 11.5 Å². The maximum atomic E-state index is 12.7. The molecule has 4 nitrogen and oxygen atoms in total. The number of hydrogen-bond acceptors (Lipinski definition) is 4. The summed E-state index contributed by atoms with van der Waals surface area (Å²) in [6, 6.07) is 12.3. The average molecular weight is 420 g/mol. The average Bonchev–Trinajstić information content (AvgIpc) is 3.17. The first-order chi connectivity index (χ1) is 12.1. The van der Waals surface area contributed by atoms with E-state index in [-0.39, 0.29) is 18.7 Å². The minimum Gasteiger partial charge on any atom is -0.454 e. The number of para-hydroxylation sites is 1. The minimum absolute atomic E-state index is 0.166. The van der Waals surface area contributed by atoms with Crippen molar-refractivity contribution in [3.05, 3.63) is 52.0 Å². The van der Waals surface area contributed by atoms with Crippen molar-refractivity contribution in [3.63, 3.8) is 0 Å². The Balaban J connectivity index is 1.40. The second-order valence-corrected chi connectivity index (χ2v) is 8.08. The zero-order chi connectivity index (χ0) is 17.4. The Morgan fingerprint density at radius 2 is 2.04 bits per heavy atom. The molecule has 2 aromatic carbocycles. The minimum atomic E-state index is 0.166. The van der Waals surface area contributed by atoms with Crippen molar-refractivity contribution in [2.75, 3.05) is 17.4 Å². The number of fused-ring (bicyclic) bond motifs is 2. The normalized spacial score (nSPS) is 17.7. The number of benzene rings is 2. The summed E-state index contributed by atoms with van der Waals surface area (Å²) >= 11 is 5.19. The van der Waals surface area contributed by atoms with Crippen molar-refractivity contribution >= 4 is 39.3 Å². The van der Waals surface area contributed by atoms with Gasteiger partial charge in [-0.15, -0.1) is 11.8 Å². The summed E-state index contributed by atoms with van der Waals surface area (Å²) in [6.07, 6.45) is 0.931. The van der Waals surface area contributed by atoms with Gasteiger partial charge in [-0.2, -0.15) is 0 Å². The molecule has 0 unspecified atom stereocenters. The third-order valence-electron chi connectivity index (χ3n) is 4.50. The fourth-order valence-corrected chi connectivity index (χ4v) is 4.86. The van der Waals surface area contributed by atoms with Crippen LogP contribution in [0.15, 0.2) is 40.9 Å². The maximum absolute atomic E-state index is 12.7. The smallest absolute Gasteiger partial charge is 0.237 e. The van der Waals surface area contributed by atoms with Crippen LogP contribution in [0.2, 0.25) is 0 Å². The molecule has 0 spiro atoms. The van der Waals surface area contributed by atoms with E-state index in [0.717, 1.165) is 39.4 Å². The number of nitrogens with zero attached hydrogens (tertiary/aromatic N) is 1. The lowest BCUT2D eigenvalue weighted by molar-refractivity contribution is -0.116. The SMILES string of the molecule is C[C@@H]1Cc2ccccc2N1C(=O)CSCc1cc2c(cc1Br)OCO2. The third kappa shape index (κ3) is 3.25. The van der Waals surface area contributed by atoms with Gasteiger partial charge in [0.1, 0.15) is 0 Å². The van der Waals surface area contributed by atoms with Crippen LogP contribution in [0.25, 0.3) is 0 Å². The fourth-order valence-electron chi connectivity index (χ4n) is 3.33. The van der Waals surface area contributed by atoms with E-state index in [2.05, 4.69) is 28.9 Å². The molecule has 0 saturated heterocycles. The first kappa shape index (κ1) is 16.8. The van der Waals surface area contributed by atoms with Crippen molar-refractivity contribution in [1.29, 1.82) is 0 Å². The van der Waals surface area contributed by atoms with Gasteiger partial charge in [0.25, 0.3) is 0 Å². The molecule has 4 rings (SSSR count). The van der Waals surface area contributed by atoms with E-state index in [1.54, 1.807) is 11.8 Å². The number of ether oxygens (including phenoxy) is 2. The molecule has 130 valence electrons. The van der Waals surface area contributed by atoms with Crippen LogP contribution in [-0.2, 0) is 17.0 Å². The Bertz CT molecular complexity index is 826. The number of anilines is 1. The Hall–Kier alpha value is -1.66. The van der Waals surface area contributed by atoms with Gasteiger partial charge in [-0.05, 0) is 42.7 Å². The second kappa shape index (κ2) is 6.92. The summed E-state index contributed by atoms with van der Waals surface area (Å²) < 4.78 is 11.8. The number of thioether (sulfide) groups is 1. The Morgan fingerprint density at radius 1 is 1.28 bits per heavy atom. The Kier molecular flexibility index (Phi) is 4.65. The van der Waals surface area contributed by atoms with Crippen LogP contribution in [0.4, 0.5) is 5.69 Å². The zero-order valence-electron chi connectivity index (χ0n) is 13.8. The third-order valence-corrected chi connectivity index (χ3v) is 6.21. The number of hydrogen-bond donors (Lipinski definition) is 0. The van der Waals surface area contributed by atoms with E-state index in [1.165, 1.54) is 5.56 Å². The first-order valence-corrected chi connectivity index (χ1v) is 10.1. The molecule has 6 heteroatoms. The van der Waals surface area contributed by atoms with Gasteiger partial charge >= 0.3 is 0 Å². The maximum Gasteiger partial charge on any atom is 0.237 e. The molecular formula is C19H18BrNO3S. The molecule has 0 aliphatic carbocycles. The van der Waals surface area contributed by atoms with Crippen LogP contribution in [0.1, 0.15) is 18.1 Å². The predicted octanol–water partition coefficient (Wildman–Crippen LogP) is 4.39. The Morgan fingerprint density at radius 3 is 2.88 bits per heavy atom. The van der Waals surface area contributed by atoms with E-state index in [4.69, 9.17) is 9.47 Å². The summed E-state index contributed by atoms with van der Waals surface area (Å²) in [5, 5.41) is 0. The number of rotatable bonds is 4. The van der Waals surface area contributed by atoms with Gasteiger partial charge in [0, 0.05) is 22.0 Å². The van der Waals surface area contributed by atoms with Crippen molar-refractivity contribution in [3.8, 4) is 11.5 Å². The highest BCUT2D eigenvalue weighted by Gasteiger charge is 2.30. The second-order valence-electron chi connectivity index (χ2n) is 6.24. The molecular weight excluding hydrogens is 402 g/mol. The molecule has 0 saturated carbocycles. The molecule has 0 fully saturated rings. The van der Waals surface area contributed by atoms with Gasteiger partial charge in [-0.1, -0.05) is 34.1 Å². The lowest BCUT2D eigenvalue weighted by atomic mass is 10.1. The summed E-state index contributed by atoms with van der Waals surface area (Å²) in [6.45, 7) is 2.38. The monoisotopic (exact) mass is 419 g/mol. The highest BCUT2D eigenvalue weighted by Crippen LogP contribution is 2.38. The molecule has 0 N–H and O–H groups in total. The largest absolute Gasteiger partial charge is 0.454 e. The summed E-state index contributed by atoms with van der Waals surface area (Å²) in [5.74, 6) is 2.90. The van der Waals surface area contributed by atoms with Gasteiger partial charge in [-0.3, -0.25) is 4.79 Å². The molecule has 25 heavy (non-hydrogen) atoms. The molecule has 1 amide bonds. The van der Waals surface area contributed by atoms with E-state index >= 15 is 0 Å². The molecule has 1 atom stereocenters. The molecule has 2 aliphatic rings. The fraction of sp³-hybridized carbons (Fsp3) is 0.316. The topological polar surface area (TPSA) is 38.8 Å². The molecule has 0 radical (unpaired) electrons. The van der Waals surface area contributed by atoms with Crippen LogP contribution in [0.5, 0.6) is 11.5 Å². The van der Waals surface area contributed by atoms with Crippen LogP contribution < -0.4 is 14.4 Å². The van der Waals surface area contributed by atoms with Crippen LogP contribution >= 0.6 is 27.7 Å². The number of carbonyl (C=O) groups is 1. The van der Waals surface area contributed by atoms with Crippen molar-refractivity contribution in [2.45, 2.75) is 25.1 Å². The molecule has 2 aliphatic heterocycles. The van der Waals surface area contributed by atoms with Crippen LogP contribution in [-0.4, -0.2) is 24.5 Å². The Labute approximate surface area is 159 Å². The van der Waals surface area contributed by atoms with Crippen molar-refractivity contribution < 1.29 is 14.3 Å². The van der Waals surface area contributed by atoms with Gasteiger partial charge < -0.3 is 14.4 Å². The van der Waals surface area contributed by atoms with Gasteiger partial charge in [-0.25, -0.2) is 0 Å². The summed E-state index contributed by atoms with van der Waals surface area (Å²) in [5.41, 5.74) is 3.42. The van der Waals surface area contributed by atoms with Gasteiger partial charge in [0.2, 0.25) is 12.7 Å².